The van der Waals surface area contributed by atoms with Gasteiger partial charge >= 0.3 is 0 Å². The first kappa shape index (κ1) is 23.9. The predicted molar refractivity (Wildman–Crippen MR) is 189 cm³/mol. The van der Waals surface area contributed by atoms with Crippen LogP contribution in [0.5, 0.6) is 0 Å². The van der Waals surface area contributed by atoms with Gasteiger partial charge in [0.05, 0.1) is 16.8 Å². The van der Waals surface area contributed by atoms with Crippen molar-refractivity contribution in [2.24, 2.45) is 0 Å². The van der Waals surface area contributed by atoms with Crippen LogP contribution in [-0.4, -0.2) is 0 Å². The molecule has 0 radical (unpaired) electrons. The summed E-state index contributed by atoms with van der Waals surface area (Å²) in [6.07, 6.45) is 0. The summed E-state index contributed by atoms with van der Waals surface area (Å²) in [5.74, 6) is 0. The van der Waals surface area contributed by atoms with E-state index in [2.05, 4.69) is 157 Å². The van der Waals surface area contributed by atoms with Crippen LogP contribution in [0, 0.1) is 0 Å². The lowest BCUT2D eigenvalue weighted by molar-refractivity contribution is 0.817. The minimum Gasteiger partial charge on any atom is -0.309 e. The molecule has 3 aliphatic carbocycles. The molecule has 7 aromatic carbocycles. The van der Waals surface area contributed by atoms with E-state index in [9.17, 15) is 0 Å². The average Bonchev–Trinajstić information content (AvgIpc) is 3.81. The zero-order valence-corrected chi connectivity index (χ0v) is 25.1. The standard InChI is InChI=1S/C43H25NS/c1-2-12-26(13-3-1)44(35-22-11-25-38-39(35)33-15-5-7-24-37(33)45-38)36-23-10-20-32-31-19-9-18-30-29-17-8-16-28-27-14-4-6-21-34(27)43(40(28)29,41(30)31)42(32)36/h1-25H. The SMILES string of the molecule is c1ccc(N(c2cccc3c2C24c5ccccc5-c5cccc(c52)-c2cccc-3c24)c2cccc3sc4ccccc4c23)cc1. The largest absolute Gasteiger partial charge is 0.309 e. The summed E-state index contributed by atoms with van der Waals surface area (Å²) in [6.45, 7) is 0. The van der Waals surface area contributed by atoms with Gasteiger partial charge in [-0.05, 0) is 86.5 Å². The predicted octanol–water partition coefficient (Wildman–Crippen LogP) is 11.8. The molecule has 1 unspecified atom stereocenters. The molecule has 2 heteroatoms. The topological polar surface area (TPSA) is 3.24 Å². The number of nitrogens with zero attached hydrogens (tertiary/aromatic N) is 1. The number of thiophene rings is 1. The van der Waals surface area contributed by atoms with Gasteiger partial charge in [0, 0.05) is 31.4 Å². The average molecular weight is 588 g/mol. The van der Waals surface area contributed by atoms with Gasteiger partial charge in [-0.15, -0.1) is 11.3 Å². The van der Waals surface area contributed by atoms with Crippen LogP contribution >= 0.6 is 11.3 Å². The highest BCUT2D eigenvalue weighted by molar-refractivity contribution is 7.26. The Morgan fingerprint density at radius 3 is 1.71 bits per heavy atom. The van der Waals surface area contributed by atoms with E-state index in [0.717, 1.165) is 0 Å². The molecule has 0 amide bonds. The van der Waals surface area contributed by atoms with Gasteiger partial charge in [0.25, 0.3) is 0 Å². The molecule has 1 heterocycles. The maximum absolute atomic E-state index is 2.54. The molecule has 1 aromatic heterocycles. The minimum absolute atomic E-state index is 0.363. The molecule has 0 saturated carbocycles. The lowest BCUT2D eigenvalue weighted by atomic mass is 9.72. The first-order valence-electron chi connectivity index (χ1n) is 15.6. The highest BCUT2D eigenvalue weighted by Crippen LogP contribution is 2.71. The summed E-state index contributed by atoms with van der Waals surface area (Å²) in [4.78, 5) is 2.54. The third-order valence-corrected chi connectivity index (χ3v) is 11.5. The van der Waals surface area contributed by atoms with Crippen molar-refractivity contribution in [3.63, 3.8) is 0 Å². The van der Waals surface area contributed by atoms with Crippen molar-refractivity contribution in [3.8, 4) is 33.4 Å². The monoisotopic (exact) mass is 587 g/mol. The van der Waals surface area contributed by atoms with Crippen LogP contribution < -0.4 is 4.90 Å². The third kappa shape index (κ3) is 2.76. The Hall–Kier alpha value is -5.44. The van der Waals surface area contributed by atoms with Crippen LogP contribution in [-0.2, 0) is 5.41 Å². The molecular formula is C43H25NS. The normalized spacial score (nSPS) is 16.1. The van der Waals surface area contributed by atoms with Crippen LogP contribution in [0.1, 0.15) is 22.3 Å². The molecule has 8 aromatic rings. The minimum atomic E-state index is -0.363. The fraction of sp³-hybridized carbons (Fsp3) is 0.0233. The maximum Gasteiger partial charge on any atom is 0.0758 e. The molecule has 0 fully saturated rings. The Labute approximate surface area is 265 Å². The van der Waals surface area contributed by atoms with E-state index < -0.39 is 0 Å². The zero-order chi connectivity index (χ0) is 29.3. The third-order valence-electron chi connectivity index (χ3n) is 10.4. The molecule has 0 bridgehead atoms. The molecule has 1 nitrogen and oxygen atoms in total. The number of anilines is 3. The van der Waals surface area contributed by atoms with Crippen LogP contribution in [0.25, 0.3) is 53.6 Å². The molecule has 208 valence electrons. The van der Waals surface area contributed by atoms with Gasteiger partial charge in [0.1, 0.15) is 0 Å². The van der Waals surface area contributed by atoms with Crippen molar-refractivity contribution in [1.82, 2.24) is 0 Å². The first-order chi connectivity index (χ1) is 22.4. The van der Waals surface area contributed by atoms with Gasteiger partial charge in [0.2, 0.25) is 0 Å². The lowest BCUT2D eigenvalue weighted by Crippen LogP contribution is -2.26. The second-order valence-electron chi connectivity index (χ2n) is 12.4. The van der Waals surface area contributed by atoms with Crippen LogP contribution in [0.2, 0.25) is 0 Å². The first-order valence-corrected chi connectivity index (χ1v) is 16.4. The second-order valence-corrected chi connectivity index (χ2v) is 13.5. The highest BCUT2D eigenvalue weighted by atomic mass is 32.1. The number of benzene rings is 7. The molecule has 1 spiro atoms. The highest BCUT2D eigenvalue weighted by Gasteiger charge is 2.58. The van der Waals surface area contributed by atoms with E-state index in [4.69, 9.17) is 0 Å². The molecule has 0 saturated heterocycles. The Bertz CT molecular complexity index is 2520. The number of hydrogen-bond acceptors (Lipinski definition) is 2. The van der Waals surface area contributed by atoms with Gasteiger partial charge in [-0.3, -0.25) is 0 Å². The van der Waals surface area contributed by atoms with Crippen molar-refractivity contribution in [1.29, 1.82) is 0 Å². The molecule has 11 rings (SSSR count). The lowest BCUT2D eigenvalue weighted by Gasteiger charge is -2.34. The van der Waals surface area contributed by atoms with E-state index in [-0.39, 0.29) is 5.41 Å². The fourth-order valence-electron chi connectivity index (χ4n) is 8.91. The van der Waals surface area contributed by atoms with Crippen LogP contribution in [0.3, 0.4) is 0 Å². The Morgan fingerprint density at radius 2 is 0.933 bits per heavy atom. The van der Waals surface area contributed by atoms with E-state index >= 15 is 0 Å². The number of para-hydroxylation sites is 1. The van der Waals surface area contributed by atoms with Crippen LogP contribution in [0.4, 0.5) is 17.1 Å². The zero-order valence-electron chi connectivity index (χ0n) is 24.3. The van der Waals surface area contributed by atoms with Gasteiger partial charge < -0.3 is 4.90 Å². The van der Waals surface area contributed by atoms with Gasteiger partial charge in [0.15, 0.2) is 0 Å². The van der Waals surface area contributed by atoms with Crippen molar-refractivity contribution in [2.75, 3.05) is 4.90 Å². The van der Waals surface area contributed by atoms with Gasteiger partial charge in [-0.2, -0.15) is 0 Å². The number of rotatable bonds is 3. The molecule has 0 N–H and O–H groups in total. The summed E-state index contributed by atoms with van der Waals surface area (Å²) in [5.41, 5.74) is 17.1. The fourth-order valence-corrected chi connectivity index (χ4v) is 10.0. The summed E-state index contributed by atoms with van der Waals surface area (Å²) in [7, 11) is 0. The quantitative estimate of drug-likeness (QED) is 0.199. The summed E-state index contributed by atoms with van der Waals surface area (Å²) >= 11 is 1.88. The summed E-state index contributed by atoms with van der Waals surface area (Å²) in [6, 6.07) is 56.6. The van der Waals surface area contributed by atoms with Crippen molar-refractivity contribution in [2.45, 2.75) is 5.41 Å². The van der Waals surface area contributed by atoms with E-state index in [0.29, 0.717) is 0 Å². The molecule has 1 atom stereocenters. The molecule has 3 aliphatic rings. The number of fused-ring (bicyclic) bond motifs is 8. The molecular weight excluding hydrogens is 563 g/mol. The Balaban J connectivity index is 1.32. The summed E-state index contributed by atoms with van der Waals surface area (Å²) < 4.78 is 2.63. The summed E-state index contributed by atoms with van der Waals surface area (Å²) in [5, 5.41) is 2.62. The smallest absolute Gasteiger partial charge is 0.0758 e. The van der Waals surface area contributed by atoms with E-state index in [1.54, 1.807) is 0 Å². The Kier molecular flexibility index (Phi) is 4.46. The van der Waals surface area contributed by atoms with Crippen LogP contribution in [0.15, 0.2) is 152 Å². The van der Waals surface area contributed by atoms with E-state index in [1.165, 1.54) is 92.9 Å². The van der Waals surface area contributed by atoms with Crippen molar-refractivity contribution < 1.29 is 0 Å². The molecule has 0 aliphatic heterocycles. The Morgan fingerprint density at radius 1 is 0.400 bits per heavy atom. The van der Waals surface area contributed by atoms with Crippen molar-refractivity contribution >= 4 is 48.6 Å². The maximum atomic E-state index is 2.54. The van der Waals surface area contributed by atoms with E-state index in [1.807, 2.05) is 11.3 Å². The second kappa shape index (κ2) is 8.38. The number of hydrogen-bond donors (Lipinski definition) is 0. The molecule has 45 heavy (non-hydrogen) atoms. The van der Waals surface area contributed by atoms with Gasteiger partial charge in [-0.25, -0.2) is 0 Å². The van der Waals surface area contributed by atoms with Crippen molar-refractivity contribution in [3.05, 3.63) is 174 Å². The van der Waals surface area contributed by atoms with Gasteiger partial charge in [-0.1, -0.05) is 115 Å².